The summed E-state index contributed by atoms with van der Waals surface area (Å²) in [7, 11) is 2.86. The molecule has 2 aliphatic rings. The molecule has 1 saturated carbocycles. The van der Waals surface area contributed by atoms with Crippen molar-refractivity contribution in [2.24, 2.45) is 9.98 Å². The molecule has 2 rings (SSSR count). The Morgan fingerprint density at radius 1 is 1.39 bits per heavy atom. The van der Waals surface area contributed by atoms with Crippen LogP contribution in [0.25, 0.3) is 0 Å². The molecular formula is C13H19ClN4O5. The summed E-state index contributed by atoms with van der Waals surface area (Å²) in [4.78, 5) is 31.3. The molecular weight excluding hydrogens is 328 g/mol. The normalized spacial score (nSPS) is 30.0. The maximum Gasteiger partial charge on any atom is 0.335 e. The third-order valence-electron chi connectivity index (χ3n) is 4.04. The summed E-state index contributed by atoms with van der Waals surface area (Å²) < 4.78 is 9.93. The molecule has 0 radical (unpaired) electrons. The molecule has 1 fully saturated rings. The molecule has 1 heterocycles. The minimum Gasteiger partial charge on any atom is -0.467 e. The van der Waals surface area contributed by atoms with Gasteiger partial charge in [0, 0.05) is 13.5 Å². The van der Waals surface area contributed by atoms with Crippen molar-refractivity contribution in [2.75, 3.05) is 14.2 Å². The van der Waals surface area contributed by atoms with Gasteiger partial charge < -0.3 is 9.47 Å². The van der Waals surface area contributed by atoms with E-state index in [1.165, 1.54) is 7.11 Å². The lowest BCUT2D eigenvalue weighted by Gasteiger charge is -2.27. The number of amidine groups is 2. The monoisotopic (exact) mass is 346 g/mol. The highest BCUT2D eigenvalue weighted by Gasteiger charge is 2.42. The van der Waals surface area contributed by atoms with E-state index in [1.807, 2.05) is 0 Å². The van der Waals surface area contributed by atoms with E-state index in [4.69, 9.17) is 16.3 Å². The summed E-state index contributed by atoms with van der Waals surface area (Å²) in [5, 5.41) is 10.4. The van der Waals surface area contributed by atoms with E-state index in [2.05, 4.69) is 14.7 Å². The summed E-state index contributed by atoms with van der Waals surface area (Å²) in [6.45, 7) is 0. The molecule has 0 N–H and O–H groups in total. The highest BCUT2D eigenvalue weighted by atomic mass is 35.5. The summed E-state index contributed by atoms with van der Waals surface area (Å²) in [6, 6.07) is -1.10. The van der Waals surface area contributed by atoms with Crippen molar-refractivity contribution in [3.8, 4) is 0 Å². The number of aliphatic imine (C=N–C) groups is 2. The molecule has 0 amide bonds. The number of carbonyl (C=O) groups excluding carboxylic acids is 1. The number of nitro groups is 1. The van der Waals surface area contributed by atoms with Gasteiger partial charge in [-0.2, -0.15) is 0 Å². The topological polar surface area (TPSA) is 107 Å². The third-order valence-corrected chi connectivity index (χ3v) is 4.30. The van der Waals surface area contributed by atoms with Crippen LogP contribution in [0.15, 0.2) is 9.98 Å². The maximum absolute atomic E-state index is 11.8. The molecule has 0 saturated heterocycles. The lowest BCUT2D eigenvalue weighted by Crippen LogP contribution is -2.51. The van der Waals surface area contributed by atoms with E-state index >= 15 is 0 Å². The lowest BCUT2D eigenvalue weighted by atomic mass is 9.93. The van der Waals surface area contributed by atoms with Crippen molar-refractivity contribution >= 4 is 28.7 Å². The second kappa shape index (κ2) is 7.69. The first-order valence-corrected chi connectivity index (χ1v) is 7.69. The fourth-order valence-electron chi connectivity index (χ4n) is 2.79. The van der Waals surface area contributed by atoms with E-state index in [9.17, 15) is 14.9 Å². The van der Waals surface area contributed by atoms with Crippen LogP contribution >= 0.6 is 11.6 Å². The van der Waals surface area contributed by atoms with Gasteiger partial charge in [0.1, 0.15) is 5.84 Å². The van der Waals surface area contributed by atoms with Crippen LogP contribution in [-0.2, 0) is 14.3 Å². The smallest absolute Gasteiger partial charge is 0.335 e. The minimum atomic E-state index is -1.16. The number of methoxy groups -OCH3 is 2. The molecule has 128 valence electrons. The van der Waals surface area contributed by atoms with E-state index in [-0.39, 0.29) is 23.9 Å². The first kappa shape index (κ1) is 17.6. The zero-order valence-corrected chi connectivity index (χ0v) is 13.7. The molecule has 1 aliphatic heterocycles. The van der Waals surface area contributed by atoms with Crippen LogP contribution in [0.3, 0.4) is 0 Å². The van der Waals surface area contributed by atoms with Crippen molar-refractivity contribution in [2.45, 2.75) is 50.3 Å². The molecule has 9 nitrogen and oxygen atoms in total. The van der Waals surface area contributed by atoms with E-state index in [0.29, 0.717) is 10.8 Å². The van der Waals surface area contributed by atoms with Crippen molar-refractivity contribution < 1.29 is 19.3 Å². The van der Waals surface area contributed by atoms with E-state index in [1.54, 1.807) is 7.11 Å². The number of ether oxygens (including phenoxy) is 2. The zero-order valence-electron chi connectivity index (χ0n) is 13.0. The Hall–Kier alpha value is -1.74. The summed E-state index contributed by atoms with van der Waals surface area (Å²) in [5.74, 6) is -0.407. The van der Waals surface area contributed by atoms with Crippen molar-refractivity contribution in [3.05, 3.63) is 10.1 Å². The standard InChI is InChI=1S/C13H19ClN4O5/c1-22-9-5-3-8(4-6-9)15-11-7-10(12(19)23-2)17(18(20)21)13(14)16-11/h8-10H,3-7H2,1-2H3. The first-order chi connectivity index (χ1) is 11.0. The SMILES string of the molecule is COC(=O)C1CC(=NC2CCC(OC)CC2)N=C(Cl)N1[N+](=O)[O-]. The van der Waals surface area contributed by atoms with Crippen molar-refractivity contribution in [3.63, 3.8) is 0 Å². The highest BCUT2D eigenvalue weighted by molar-refractivity contribution is 6.65. The molecule has 0 spiro atoms. The Labute approximate surface area is 138 Å². The van der Waals surface area contributed by atoms with Crippen LogP contribution in [-0.4, -0.2) is 59.5 Å². The molecule has 1 atom stereocenters. The van der Waals surface area contributed by atoms with Gasteiger partial charge in [-0.15, -0.1) is 0 Å². The average Bonchev–Trinajstić information content (AvgIpc) is 2.53. The van der Waals surface area contributed by atoms with Crippen molar-refractivity contribution in [1.29, 1.82) is 0 Å². The Balaban J connectivity index is 2.16. The molecule has 10 heteroatoms. The van der Waals surface area contributed by atoms with Gasteiger partial charge in [0.2, 0.25) is 6.04 Å². The molecule has 1 aliphatic carbocycles. The third kappa shape index (κ3) is 4.17. The van der Waals surface area contributed by atoms with E-state index in [0.717, 1.165) is 25.7 Å². The predicted molar refractivity (Wildman–Crippen MR) is 83.0 cm³/mol. The highest BCUT2D eigenvalue weighted by Crippen LogP contribution is 2.25. The quantitative estimate of drug-likeness (QED) is 0.329. The molecule has 23 heavy (non-hydrogen) atoms. The zero-order chi connectivity index (χ0) is 17.0. The van der Waals surface area contributed by atoms with Gasteiger partial charge in [0.25, 0.3) is 5.29 Å². The Bertz CT molecular complexity index is 530. The fraction of sp³-hybridized carbons (Fsp3) is 0.769. The molecule has 0 aromatic carbocycles. The Morgan fingerprint density at radius 2 is 2.04 bits per heavy atom. The number of rotatable bonds is 4. The Kier molecular flexibility index (Phi) is 5.89. The number of halogens is 1. The predicted octanol–water partition coefficient (Wildman–Crippen LogP) is 1.38. The number of nitrogens with zero attached hydrogens (tertiary/aromatic N) is 4. The van der Waals surface area contributed by atoms with Crippen LogP contribution in [0.5, 0.6) is 0 Å². The van der Waals surface area contributed by atoms with Crippen molar-refractivity contribution in [1.82, 2.24) is 5.01 Å². The van der Waals surface area contributed by atoms with Crippen LogP contribution in [0.1, 0.15) is 32.1 Å². The van der Waals surface area contributed by atoms with Gasteiger partial charge in [0.15, 0.2) is 5.03 Å². The Morgan fingerprint density at radius 3 is 2.57 bits per heavy atom. The molecule has 0 aromatic heterocycles. The molecule has 0 bridgehead atoms. The maximum atomic E-state index is 11.8. The lowest BCUT2D eigenvalue weighted by molar-refractivity contribution is -0.634. The van der Waals surface area contributed by atoms with Gasteiger partial charge in [-0.05, 0) is 37.3 Å². The average molecular weight is 347 g/mol. The van der Waals surface area contributed by atoms with Gasteiger partial charge >= 0.3 is 5.97 Å². The summed E-state index contributed by atoms with van der Waals surface area (Å²) in [5.41, 5.74) is 0. The number of carbonyl (C=O) groups is 1. The first-order valence-electron chi connectivity index (χ1n) is 7.31. The number of esters is 1. The van der Waals surface area contributed by atoms with Gasteiger partial charge in [-0.1, -0.05) is 5.01 Å². The number of hydrazine groups is 1. The number of hydrogen-bond donors (Lipinski definition) is 0. The largest absolute Gasteiger partial charge is 0.467 e. The summed E-state index contributed by atoms with van der Waals surface area (Å²) >= 11 is 5.86. The van der Waals surface area contributed by atoms with Gasteiger partial charge in [-0.3, -0.25) is 4.99 Å². The van der Waals surface area contributed by atoms with E-state index < -0.39 is 17.0 Å². The number of hydrogen-bond acceptors (Lipinski definition) is 6. The molecule has 0 aromatic rings. The van der Waals surface area contributed by atoms with Crippen LogP contribution in [0.4, 0.5) is 0 Å². The van der Waals surface area contributed by atoms with Crippen LogP contribution in [0, 0.1) is 10.1 Å². The molecule has 1 unspecified atom stereocenters. The van der Waals surface area contributed by atoms with Crippen LogP contribution < -0.4 is 0 Å². The minimum absolute atomic E-state index is 0.00587. The second-order valence-corrected chi connectivity index (χ2v) is 5.76. The second-order valence-electron chi connectivity index (χ2n) is 5.42. The van der Waals surface area contributed by atoms with Gasteiger partial charge in [0.05, 0.1) is 19.3 Å². The van der Waals surface area contributed by atoms with Gasteiger partial charge in [-0.25, -0.2) is 19.9 Å². The summed E-state index contributed by atoms with van der Waals surface area (Å²) in [6.07, 6.45) is 3.73. The van der Waals surface area contributed by atoms with Crippen LogP contribution in [0.2, 0.25) is 0 Å². The fourth-order valence-corrected chi connectivity index (χ4v) is 3.07.